The fraction of sp³-hybridized carbons (Fsp3) is 0.143. The fourth-order valence-electron chi connectivity index (χ4n) is 4.97. The monoisotopic (exact) mass is 577 g/mol. The molecule has 0 amide bonds. The van der Waals surface area contributed by atoms with E-state index >= 15 is 0 Å². The van der Waals surface area contributed by atoms with E-state index in [4.69, 9.17) is 14.2 Å². The first kappa shape index (κ1) is 27.6. The molecule has 1 N–H and O–H groups in total. The predicted octanol–water partition coefficient (Wildman–Crippen LogP) is 7.00. The number of hydrogen-bond donors (Lipinski definition) is 1. The number of cyclic esters (lactones) is 1. The second-order valence-electron chi connectivity index (χ2n) is 10.2. The molecule has 42 heavy (non-hydrogen) atoms. The van der Waals surface area contributed by atoms with Crippen LogP contribution in [0.25, 0.3) is 10.8 Å². The van der Waals surface area contributed by atoms with E-state index in [-0.39, 0.29) is 29.7 Å². The molecule has 2 unspecified atom stereocenters. The van der Waals surface area contributed by atoms with Crippen molar-refractivity contribution in [3.8, 4) is 11.5 Å². The average molecular weight is 578 g/mol. The number of hydrogen-bond acceptors (Lipinski definition) is 6. The lowest BCUT2D eigenvalue weighted by molar-refractivity contribution is -0.263. The third-order valence-corrected chi connectivity index (χ3v) is 9.43. The molecule has 0 saturated carbocycles. The van der Waals surface area contributed by atoms with Gasteiger partial charge in [0.15, 0.2) is 14.7 Å². The Kier molecular flexibility index (Phi) is 7.69. The van der Waals surface area contributed by atoms with Gasteiger partial charge in [0.25, 0.3) is 0 Å². The molecule has 1 saturated heterocycles. The van der Waals surface area contributed by atoms with E-state index in [2.05, 4.69) is 24.3 Å². The lowest BCUT2D eigenvalue weighted by atomic mass is 9.99. The van der Waals surface area contributed by atoms with Gasteiger partial charge in [0.1, 0.15) is 11.5 Å². The first-order valence-electron chi connectivity index (χ1n) is 13.6. The molecule has 1 heterocycles. The summed E-state index contributed by atoms with van der Waals surface area (Å²) in [6.07, 6.45) is -0.166. The van der Waals surface area contributed by atoms with Crippen molar-refractivity contribution in [2.24, 2.45) is 5.92 Å². The molecule has 5 aromatic rings. The standard InChI is InChI=1S/C35H28O6S/c1-35(27-14-12-24-13-15-28(36)21-25(24)20-27)39-23-26(34(38)41-35)22-33(37)40-29-16-18-32(19-17-29)42(30-8-4-2-5-9-30)31-10-6-3-7-11-31/h2-21,26H,22-23H2,1H3/p+1. The lowest BCUT2D eigenvalue weighted by Crippen LogP contribution is -2.44. The van der Waals surface area contributed by atoms with Crippen LogP contribution in [0, 0.1) is 5.92 Å². The number of benzene rings is 5. The van der Waals surface area contributed by atoms with Crippen molar-refractivity contribution in [3.05, 3.63) is 127 Å². The van der Waals surface area contributed by atoms with Crippen molar-refractivity contribution in [1.29, 1.82) is 0 Å². The predicted molar refractivity (Wildman–Crippen MR) is 160 cm³/mol. The van der Waals surface area contributed by atoms with E-state index in [0.717, 1.165) is 15.7 Å². The maximum absolute atomic E-state index is 12.9. The molecule has 0 spiro atoms. The van der Waals surface area contributed by atoms with Crippen molar-refractivity contribution in [3.63, 3.8) is 0 Å². The summed E-state index contributed by atoms with van der Waals surface area (Å²) < 4.78 is 17.3. The maximum atomic E-state index is 12.9. The van der Waals surface area contributed by atoms with Crippen LogP contribution in [0.2, 0.25) is 0 Å². The van der Waals surface area contributed by atoms with Crippen molar-refractivity contribution in [2.45, 2.75) is 33.8 Å². The van der Waals surface area contributed by atoms with Gasteiger partial charge in [0.2, 0.25) is 5.79 Å². The molecule has 210 valence electrons. The van der Waals surface area contributed by atoms with E-state index in [9.17, 15) is 14.7 Å². The van der Waals surface area contributed by atoms with Crippen LogP contribution in [0.15, 0.2) is 136 Å². The zero-order valence-corrected chi connectivity index (χ0v) is 23.8. The second-order valence-corrected chi connectivity index (χ2v) is 12.2. The van der Waals surface area contributed by atoms with E-state index in [1.165, 1.54) is 9.79 Å². The summed E-state index contributed by atoms with van der Waals surface area (Å²) in [4.78, 5) is 29.2. The number of rotatable bonds is 7. The van der Waals surface area contributed by atoms with Crippen LogP contribution in [0.4, 0.5) is 0 Å². The number of phenolic OH excluding ortho intramolecular Hbond substituents is 1. The molecular weight excluding hydrogens is 548 g/mol. The van der Waals surface area contributed by atoms with Crippen LogP contribution in [-0.2, 0) is 35.7 Å². The average Bonchev–Trinajstić information content (AvgIpc) is 3.00. The minimum absolute atomic E-state index is 0.0123. The summed E-state index contributed by atoms with van der Waals surface area (Å²) in [5.41, 5.74) is 0.639. The summed E-state index contributed by atoms with van der Waals surface area (Å²) in [6, 6.07) is 38.7. The quantitative estimate of drug-likeness (QED) is 0.127. The molecule has 6 nitrogen and oxygen atoms in total. The summed E-state index contributed by atoms with van der Waals surface area (Å²) in [5.74, 6) is -2.60. The Morgan fingerprint density at radius 3 is 2.10 bits per heavy atom. The van der Waals surface area contributed by atoms with Crippen LogP contribution in [-0.4, -0.2) is 23.7 Å². The molecule has 0 radical (unpaired) electrons. The van der Waals surface area contributed by atoms with Gasteiger partial charge in [-0.25, -0.2) is 0 Å². The zero-order valence-electron chi connectivity index (χ0n) is 22.9. The van der Waals surface area contributed by atoms with E-state index in [1.54, 1.807) is 31.2 Å². The summed E-state index contributed by atoms with van der Waals surface area (Å²) in [6.45, 7) is 1.68. The highest BCUT2D eigenvalue weighted by atomic mass is 32.2. The molecule has 1 aliphatic rings. The highest BCUT2D eigenvalue weighted by Crippen LogP contribution is 2.36. The fourth-order valence-corrected chi connectivity index (χ4v) is 7.06. The molecular formula is C35H29O6S+. The van der Waals surface area contributed by atoms with E-state index < -0.39 is 23.6 Å². The van der Waals surface area contributed by atoms with Gasteiger partial charge in [-0.05, 0) is 77.5 Å². The van der Waals surface area contributed by atoms with Gasteiger partial charge in [-0.1, -0.05) is 54.6 Å². The summed E-state index contributed by atoms with van der Waals surface area (Å²) >= 11 is 0. The molecule has 2 atom stereocenters. The minimum Gasteiger partial charge on any atom is -0.508 e. The van der Waals surface area contributed by atoms with Crippen LogP contribution in [0.5, 0.6) is 11.5 Å². The molecule has 1 fully saturated rings. The van der Waals surface area contributed by atoms with Crippen molar-refractivity contribution < 1.29 is 28.9 Å². The van der Waals surface area contributed by atoms with Crippen molar-refractivity contribution in [2.75, 3.05) is 6.61 Å². The number of fused-ring (bicyclic) bond motifs is 1. The highest BCUT2D eigenvalue weighted by Gasteiger charge is 2.42. The van der Waals surface area contributed by atoms with Crippen LogP contribution in [0.3, 0.4) is 0 Å². The van der Waals surface area contributed by atoms with E-state index in [1.807, 2.05) is 72.8 Å². The Morgan fingerprint density at radius 1 is 0.833 bits per heavy atom. The van der Waals surface area contributed by atoms with Gasteiger partial charge in [-0.2, -0.15) is 0 Å². The highest BCUT2D eigenvalue weighted by molar-refractivity contribution is 7.97. The van der Waals surface area contributed by atoms with Gasteiger partial charge < -0.3 is 19.3 Å². The molecule has 0 aromatic heterocycles. The number of aromatic hydroxyl groups is 1. The summed E-state index contributed by atoms with van der Waals surface area (Å²) in [7, 11) is -0.309. The Labute approximate surface area is 246 Å². The molecule has 1 aliphatic heterocycles. The number of phenols is 1. The van der Waals surface area contributed by atoms with Crippen molar-refractivity contribution in [1.82, 2.24) is 0 Å². The van der Waals surface area contributed by atoms with Gasteiger partial charge >= 0.3 is 11.9 Å². The Balaban J connectivity index is 1.10. The SMILES string of the molecule is CC1(c2ccc3ccc(O)cc3c2)OCC(CC(=O)Oc2ccc([S+](c3ccccc3)c3ccccc3)cc2)C(=O)O1. The van der Waals surface area contributed by atoms with Gasteiger partial charge in [-0.15, -0.1) is 0 Å². The van der Waals surface area contributed by atoms with Gasteiger partial charge in [-0.3, -0.25) is 9.59 Å². The Hall–Kier alpha value is -4.59. The summed E-state index contributed by atoms with van der Waals surface area (Å²) in [5, 5.41) is 11.6. The largest absolute Gasteiger partial charge is 0.508 e. The van der Waals surface area contributed by atoms with Crippen molar-refractivity contribution >= 4 is 33.6 Å². The Bertz CT molecular complexity index is 1680. The molecule has 7 heteroatoms. The zero-order chi connectivity index (χ0) is 29.1. The number of ether oxygens (including phenoxy) is 3. The second kappa shape index (κ2) is 11.7. The molecule has 0 bridgehead atoms. The smallest absolute Gasteiger partial charge is 0.314 e. The third-order valence-electron chi connectivity index (χ3n) is 7.20. The number of carbonyl (C=O) groups excluding carboxylic acids is 2. The first-order valence-corrected chi connectivity index (χ1v) is 14.9. The minimum atomic E-state index is -1.30. The molecule has 0 aliphatic carbocycles. The number of carbonyl (C=O) groups is 2. The maximum Gasteiger partial charge on any atom is 0.314 e. The lowest BCUT2D eigenvalue weighted by Gasteiger charge is -2.36. The van der Waals surface area contributed by atoms with Gasteiger partial charge in [0, 0.05) is 12.5 Å². The first-order chi connectivity index (χ1) is 20.4. The number of esters is 2. The Morgan fingerprint density at radius 2 is 1.45 bits per heavy atom. The van der Waals surface area contributed by atoms with E-state index in [0.29, 0.717) is 11.3 Å². The van der Waals surface area contributed by atoms with Crippen LogP contribution >= 0.6 is 0 Å². The molecule has 5 aromatic carbocycles. The van der Waals surface area contributed by atoms with Crippen LogP contribution < -0.4 is 4.74 Å². The normalized spacial score (nSPS) is 18.5. The van der Waals surface area contributed by atoms with Gasteiger partial charge in [0.05, 0.1) is 29.8 Å². The topological polar surface area (TPSA) is 82.1 Å². The third kappa shape index (κ3) is 5.88. The van der Waals surface area contributed by atoms with Crippen LogP contribution in [0.1, 0.15) is 18.9 Å². The molecule has 6 rings (SSSR count).